The van der Waals surface area contributed by atoms with Gasteiger partial charge in [-0.1, -0.05) is 6.92 Å². The SMILES string of the molecule is CCc1sc(C(=O)Nc2ccc(C(=O)O)cc2C)cc1C. The Kier molecular flexibility index (Phi) is 4.43. The molecule has 1 aromatic heterocycles. The van der Waals surface area contributed by atoms with E-state index in [1.807, 2.05) is 13.0 Å². The van der Waals surface area contributed by atoms with Gasteiger partial charge in [0.05, 0.1) is 10.4 Å². The molecule has 0 aliphatic rings. The Labute approximate surface area is 127 Å². The Morgan fingerprint density at radius 2 is 1.90 bits per heavy atom. The Morgan fingerprint density at radius 1 is 1.19 bits per heavy atom. The normalized spacial score (nSPS) is 10.4. The topological polar surface area (TPSA) is 66.4 Å². The Balaban J connectivity index is 2.21. The van der Waals surface area contributed by atoms with Crippen LogP contribution in [-0.4, -0.2) is 17.0 Å². The third-order valence-electron chi connectivity index (χ3n) is 3.29. The van der Waals surface area contributed by atoms with Crippen LogP contribution in [-0.2, 0) is 6.42 Å². The first kappa shape index (κ1) is 15.3. The summed E-state index contributed by atoms with van der Waals surface area (Å²) >= 11 is 1.49. The summed E-state index contributed by atoms with van der Waals surface area (Å²) in [6, 6.07) is 6.55. The van der Waals surface area contributed by atoms with Crippen LogP contribution in [0.4, 0.5) is 5.69 Å². The number of anilines is 1. The van der Waals surface area contributed by atoms with Gasteiger partial charge in [0.25, 0.3) is 5.91 Å². The van der Waals surface area contributed by atoms with Gasteiger partial charge in [0, 0.05) is 10.6 Å². The molecule has 110 valence electrons. The highest BCUT2D eigenvalue weighted by molar-refractivity contribution is 7.14. The van der Waals surface area contributed by atoms with Crippen molar-refractivity contribution in [2.45, 2.75) is 27.2 Å². The maximum Gasteiger partial charge on any atom is 0.335 e. The van der Waals surface area contributed by atoms with Crippen LogP contribution >= 0.6 is 11.3 Å². The number of carboxylic acid groups (broad SMARTS) is 1. The van der Waals surface area contributed by atoms with Crippen LogP contribution in [0.2, 0.25) is 0 Å². The molecule has 4 nitrogen and oxygen atoms in total. The quantitative estimate of drug-likeness (QED) is 0.900. The molecule has 0 saturated carbocycles. The number of aryl methyl sites for hydroxylation is 3. The summed E-state index contributed by atoms with van der Waals surface area (Å²) in [7, 11) is 0. The number of hydrogen-bond donors (Lipinski definition) is 2. The molecule has 0 unspecified atom stereocenters. The number of carbonyl (C=O) groups excluding carboxylic acids is 1. The number of hydrogen-bond acceptors (Lipinski definition) is 3. The first-order valence-corrected chi connectivity index (χ1v) is 7.48. The van der Waals surface area contributed by atoms with E-state index in [9.17, 15) is 9.59 Å². The van der Waals surface area contributed by atoms with Gasteiger partial charge >= 0.3 is 5.97 Å². The smallest absolute Gasteiger partial charge is 0.335 e. The molecular formula is C16H17NO3S. The van der Waals surface area contributed by atoms with Gasteiger partial charge in [-0.05, 0) is 55.7 Å². The van der Waals surface area contributed by atoms with Crippen molar-refractivity contribution in [3.8, 4) is 0 Å². The van der Waals surface area contributed by atoms with E-state index in [0.29, 0.717) is 10.6 Å². The molecule has 2 N–H and O–H groups in total. The summed E-state index contributed by atoms with van der Waals surface area (Å²) < 4.78 is 0. The van der Waals surface area contributed by atoms with Crippen molar-refractivity contribution < 1.29 is 14.7 Å². The van der Waals surface area contributed by atoms with Crippen LogP contribution in [0.1, 0.15) is 43.0 Å². The molecular weight excluding hydrogens is 286 g/mol. The van der Waals surface area contributed by atoms with Crippen molar-refractivity contribution in [3.63, 3.8) is 0 Å². The first-order chi connectivity index (χ1) is 9.92. The second kappa shape index (κ2) is 6.10. The average Bonchev–Trinajstić information content (AvgIpc) is 2.82. The predicted octanol–water partition coefficient (Wildman–Crippen LogP) is 3.88. The van der Waals surface area contributed by atoms with E-state index in [4.69, 9.17) is 5.11 Å². The number of benzene rings is 1. The van der Waals surface area contributed by atoms with Crippen LogP contribution in [0.3, 0.4) is 0 Å². The van der Waals surface area contributed by atoms with Gasteiger partial charge < -0.3 is 10.4 Å². The number of thiophene rings is 1. The van der Waals surface area contributed by atoms with Gasteiger partial charge in [-0.2, -0.15) is 0 Å². The summed E-state index contributed by atoms with van der Waals surface area (Å²) in [4.78, 5) is 25.0. The second-order valence-electron chi connectivity index (χ2n) is 4.86. The lowest BCUT2D eigenvalue weighted by Crippen LogP contribution is -2.11. The molecule has 1 aromatic carbocycles. The average molecular weight is 303 g/mol. The zero-order valence-electron chi connectivity index (χ0n) is 12.2. The lowest BCUT2D eigenvalue weighted by Gasteiger charge is -2.08. The van der Waals surface area contributed by atoms with Gasteiger partial charge in [-0.25, -0.2) is 4.79 Å². The summed E-state index contributed by atoms with van der Waals surface area (Å²) in [6.45, 7) is 5.84. The minimum absolute atomic E-state index is 0.158. The van der Waals surface area contributed by atoms with E-state index in [0.717, 1.165) is 17.5 Å². The molecule has 2 aromatic rings. The molecule has 5 heteroatoms. The predicted molar refractivity (Wildman–Crippen MR) is 84.5 cm³/mol. The largest absolute Gasteiger partial charge is 0.478 e. The van der Waals surface area contributed by atoms with E-state index in [-0.39, 0.29) is 11.5 Å². The lowest BCUT2D eigenvalue weighted by atomic mass is 10.1. The van der Waals surface area contributed by atoms with Crippen molar-refractivity contribution in [2.75, 3.05) is 5.32 Å². The van der Waals surface area contributed by atoms with E-state index < -0.39 is 5.97 Å². The van der Waals surface area contributed by atoms with E-state index >= 15 is 0 Å². The molecule has 2 rings (SSSR count). The molecule has 0 atom stereocenters. The summed E-state index contributed by atoms with van der Waals surface area (Å²) in [5.74, 6) is -1.13. The highest BCUT2D eigenvalue weighted by atomic mass is 32.1. The Bertz CT molecular complexity index is 704. The van der Waals surface area contributed by atoms with Crippen molar-refractivity contribution in [1.82, 2.24) is 0 Å². The maximum atomic E-state index is 12.2. The molecule has 0 spiro atoms. The Hall–Kier alpha value is -2.14. The number of amides is 1. The lowest BCUT2D eigenvalue weighted by molar-refractivity contribution is 0.0696. The number of rotatable bonds is 4. The highest BCUT2D eigenvalue weighted by Gasteiger charge is 2.13. The maximum absolute atomic E-state index is 12.2. The second-order valence-corrected chi connectivity index (χ2v) is 6.00. The van der Waals surface area contributed by atoms with Crippen molar-refractivity contribution >= 4 is 28.9 Å². The molecule has 1 amide bonds. The van der Waals surface area contributed by atoms with Gasteiger partial charge in [0.1, 0.15) is 0 Å². The van der Waals surface area contributed by atoms with Gasteiger partial charge in [0.15, 0.2) is 0 Å². The van der Waals surface area contributed by atoms with Crippen molar-refractivity contribution in [2.24, 2.45) is 0 Å². The summed E-state index contributed by atoms with van der Waals surface area (Å²) in [5, 5.41) is 11.8. The van der Waals surface area contributed by atoms with Gasteiger partial charge in [0.2, 0.25) is 0 Å². The number of nitrogens with one attached hydrogen (secondary N) is 1. The highest BCUT2D eigenvalue weighted by Crippen LogP contribution is 2.24. The van der Waals surface area contributed by atoms with Gasteiger partial charge in [-0.3, -0.25) is 4.79 Å². The zero-order chi connectivity index (χ0) is 15.6. The fourth-order valence-electron chi connectivity index (χ4n) is 2.10. The Morgan fingerprint density at radius 3 is 2.43 bits per heavy atom. The van der Waals surface area contributed by atoms with Crippen LogP contribution in [0.15, 0.2) is 24.3 Å². The molecule has 0 saturated heterocycles. The number of aromatic carboxylic acids is 1. The fourth-order valence-corrected chi connectivity index (χ4v) is 3.11. The summed E-state index contributed by atoms with van der Waals surface area (Å²) in [6.07, 6.45) is 0.913. The molecule has 1 heterocycles. The monoisotopic (exact) mass is 303 g/mol. The number of carboxylic acids is 1. The molecule has 0 fully saturated rings. The van der Waals surface area contributed by atoms with Crippen LogP contribution in [0, 0.1) is 13.8 Å². The first-order valence-electron chi connectivity index (χ1n) is 6.67. The minimum atomic E-state index is -0.975. The fraction of sp³-hybridized carbons (Fsp3) is 0.250. The van der Waals surface area contributed by atoms with E-state index in [2.05, 4.69) is 12.2 Å². The van der Waals surface area contributed by atoms with Crippen LogP contribution < -0.4 is 5.32 Å². The molecule has 0 aliphatic heterocycles. The molecule has 21 heavy (non-hydrogen) atoms. The molecule has 0 bridgehead atoms. The number of carbonyl (C=O) groups is 2. The third-order valence-corrected chi connectivity index (χ3v) is 4.67. The van der Waals surface area contributed by atoms with E-state index in [1.165, 1.54) is 22.3 Å². The van der Waals surface area contributed by atoms with E-state index in [1.54, 1.807) is 19.1 Å². The van der Waals surface area contributed by atoms with Crippen molar-refractivity contribution in [1.29, 1.82) is 0 Å². The third kappa shape index (κ3) is 3.31. The van der Waals surface area contributed by atoms with Crippen LogP contribution in [0.25, 0.3) is 0 Å². The summed E-state index contributed by atoms with van der Waals surface area (Å²) in [5.41, 5.74) is 2.71. The van der Waals surface area contributed by atoms with Crippen molar-refractivity contribution in [3.05, 3.63) is 50.7 Å². The zero-order valence-corrected chi connectivity index (χ0v) is 13.0. The van der Waals surface area contributed by atoms with Crippen LogP contribution in [0.5, 0.6) is 0 Å². The standard InChI is InChI=1S/C16H17NO3S/c1-4-13-10(3)8-14(21-13)15(18)17-12-6-5-11(16(19)20)7-9(12)2/h5-8H,4H2,1-3H3,(H,17,18)(H,19,20). The van der Waals surface area contributed by atoms with Gasteiger partial charge in [-0.15, -0.1) is 11.3 Å². The molecule has 0 aliphatic carbocycles. The minimum Gasteiger partial charge on any atom is -0.478 e. The molecule has 0 radical (unpaired) electrons.